The molecule has 2 aromatic heterocycles. The van der Waals surface area contributed by atoms with Gasteiger partial charge >= 0.3 is 0 Å². The number of ether oxygens (including phenoxy) is 1. The first-order valence-corrected chi connectivity index (χ1v) is 8.65. The lowest BCUT2D eigenvalue weighted by molar-refractivity contribution is 0.102. The third-order valence-electron chi connectivity index (χ3n) is 4.19. The van der Waals surface area contributed by atoms with Crippen molar-refractivity contribution >= 4 is 11.9 Å². The molecule has 8 nitrogen and oxygen atoms in total. The minimum absolute atomic E-state index is 0.200. The van der Waals surface area contributed by atoms with Gasteiger partial charge in [-0.15, -0.1) is 5.10 Å². The van der Waals surface area contributed by atoms with E-state index in [1.807, 2.05) is 53.2 Å². The molecule has 0 saturated carbocycles. The van der Waals surface area contributed by atoms with Gasteiger partial charge < -0.3 is 9.30 Å². The Morgan fingerprint density at radius 2 is 2.11 bits per heavy atom. The van der Waals surface area contributed by atoms with E-state index in [1.165, 1.54) is 0 Å². The van der Waals surface area contributed by atoms with Crippen molar-refractivity contribution in [2.45, 2.75) is 6.54 Å². The number of carbonyl (C=O) groups excluding carboxylic acids is 1. The summed E-state index contributed by atoms with van der Waals surface area (Å²) in [6.45, 7) is 0.639. The summed E-state index contributed by atoms with van der Waals surface area (Å²) in [4.78, 5) is 21.0. The van der Waals surface area contributed by atoms with Crippen LogP contribution in [0.5, 0.6) is 5.75 Å². The summed E-state index contributed by atoms with van der Waals surface area (Å²) in [5, 5.41) is 9.63. The maximum absolute atomic E-state index is 12.6. The minimum atomic E-state index is -0.280. The average Bonchev–Trinajstić information content (AvgIpc) is 3.40. The summed E-state index contributed by atoms with van der Waals surface area (Å²) in [5.74, 6) is 1.11. The number of carbonyl (C=O) groups is 1. The van der Waals surface area contributed by atoms with Gasteiger partial charge in [-0.3, -0.25) is 15.2 Å². The normalized spacial score (nSPS) is 10.6. The molecular weight excluding hydrogens is 356 g/mol. The number of aromatic amines is 1. The number of imidazole rings is 1. The van der Waals surface area contributed by atoms with Gasteiger partial charge in [-0.25, -0.2) is 4.98 Å². The highest BCUT2D eigenvalue weighted by Gasteiger charge is 2.13. The molecule has 8 heteroatoms. The van der Waals surface area contributed by atoms with Crippen LogP contribution < -0.4 is 10.1 Å². The molecule has 2 N–H and O–H groups in total. The van der Waals surface area contributed by atoms with E-state index < -0.39 is 0 Å². The Hall–Kier alpha value is -3.94. The van der Waals surface area contributed by atoms with E-state index in [-0.39, 0.29) is 11.9 Å². The molecule has 0 spiro atoms. The van der Waals surface area contributed by atoms with Crippen LogP contribution >= 0.6 is 0 Å². The summed E-state index contributed by atoms with van der Waals surface area (Å²) in [5.41, 5.74) is 2.29. The first kappa shape index (κ1) is 17.5. The molecule has 1 amide bonds. The van der Waals surface area contributed by atoms with Crippen molar-refractivity contribution in [3.05, 3.63) is 78.4 Å². The van der Waals surface area contributed by atoms with Crippen molar-refractivity contribution in [1.29, 1.82) is 0 Å². The number of para-hydroxylation sites is 1. The first-order chi connectivity index (χ1) is 13.7. The number of aromatic nitrogens is 5. The molecule has 0 saturated heterocycles. The second-order valence-corrected chi connectivity index (χ2v) is 6.10. The second-order valence-electron chi connectivity index (χ2n) is 6.10. The van der Waals surface area contributed by atoms with Crippen molar-refractivity contribution in [3.63, 3.8) is 0 Å². The lowest BCUT2D eigenvalue weighted by Crippen LogP contribution is -2.13. The molecule has 140 valence electrons. The van der Waals surface area contributed by atoms with Gasteiger partial charge in [-0.2, -0.15) is 4.98 Å². The predicted octanol–water partition coefficient (Wildman–Crippen LogP) is 2.98. The standard InChI is InChI=1S/C20H18N6O2/c1-28-17-8-3-2-7-16(17)18-22-20(25-24-18)23-19(27)15-6-4-5-14(11-15)12-26-10-9-21-13-26/h2-11,13H,12H2,1H3,(H2,22,23,24,25,27). The zero-order valence-electron chi connectivity index (χ0n) is 15.2. The summed E-state index contributed by atoms with van der Waals surface area (Å²) in [7, 11) is 1.59. The number of hydrogen-bond donors (Lipinski definition) is 2. The van der Waals surface area contributed by atoms with Gasteiger partial charge in [0, 0.05) is 24.5 Å². The van der Waals surface area contributed by atoms with Crippen LogP contribution in [-0.2, 0) is 6.54 Å². The van der Waals surface area contributed by atoms with Crippen LogP contribution in [0.1, 0.15) is 15.9 Å². The van der Waals surface area contributed by atoms with Crippen LogP contribution in [0.2, 0.25) is 0 Å². The van der Waals surface area contributed by atoms with Crippen LogP contribution in [0.3, 0.4) is 0 Å². The van der Waals surface area contributed by atoms with Crippen LogP contribution in [0, 0.1) is 0 Å². The summed E-state index contributed by atoms with van der Waals surface area (Å²) in [6, 6.07) is 14.8. The van der Waals surface area contributed by atoms with E-state index in [0.29, 0.717) is 23.7 Å². The Labute approximate surface area is 161 Å². The van der Waals surface area contributed by atoms with Gasteiger partial charge in [-0.1, -0.05) is 24.3 Å². The van der Waals surface area contributed by atoms with E-state index in [1.54, 1.807) is 25.7 Å². The Morgan fingerprint density at radius 3 is 2.93 bits per heavy atom. The van der Waals surface area contributed by atoms with Gasteiger partial charge in [0.2, 0.25) is 5.95 Å². The largest absolute Gasteiger partial charge is 0.496 e. The fourth-order valence-electron chi connectivity index (χ4n) is 2.85. The highest BCUT2D eigenvalue weighted by atomic mass is 16.5. The second kappa shape index (κ2) is 7.75. The number of benzene rings is 2. The number of nitrogens with zero attached hydrogens (tertiary/aromatic N) is 4. The maximum Gasteiger partial charge on any atom is 0.258 e. The molecule has 0 bridgehead atoms. The van der Waals surface area contributed by atoms with Crippen molar-refractivity contribution < 1.29 is 9.53 Å². The van der Waals surface area contributed by atoms with Crippen LogP contribution in [-0.4, -0.2) is 37.7 Å². The highest BCUT2D eigenvalue weighted by Crippen LogP contribution is 2.27. The number of H-pyrrole nitrogens is 1. The fraction of sp³-hybridized carbons (Fsp3) is 0.100. The van der Waals surface area contributed by atoms with Gasteiger partial charge in [0.1, 0.15) is 5.75 Å². The predicted molar refractivity (Wildman–Crippen MR) is 104 cm³/mol. The molecule has 2 heterocycles. The summed E-state index contributed by atoms with van der Waals surface area (Å²) in [6.07, 6.45) is 5.33. The molecule has 0 atom stereocenters. The lowest BCUT2D eigenvalue weighted by atomic mass is 10.1. The zero-order chi connectivity index (χ0) is 19.3. The van der Waals surface area contributed by atoms with E-state index in [9.17, 15) is 4.79 Å². The third-order valence-corrected chi connectivity index (χ3v) is 4.19. The van der Waals surface area contributed by atoms with Crippen molar-refractivity contribution in [2.24, 2.45) is 0 Å². The molecule has 0 aliphatic heterocycles. The van der Waals surface area contributed by atoms with Crippen LogP contribution in [0.4, 0.5) is 5.95 Å². The molecule has 0 radical (unpaired) electrons. The van der Waals surface area contributed by atoms with Crippen molar-refractivity contribution in [2.75, 3.05) is 12.4 Å². The smallest absolute Gasteiger partial charge is 0.258 e. The molecular formula is C20H18N6O2. The van der Waals surface area contributed by atoms with Crippen molar-refractivity contribution in [1.82, 2.24) is 24.7 Å². The maximum atomic E-state index is 12.6. The van der Waals surface area contributed by atoms with Gasteiger partial charge in [0.05, 0.1) is 19.0 Å². The molecule has 2 aromatic carbocycles. The van der Waals surface area contributed by atoms with Gasteiger partial charge in [0.15, 0.2) is 5.82 Å². The number of methoxy groups -OCH3 is 1. The molecule has 0 fully saturated rings. The number of anilines is 1. The van der Waals surface area contributed by atoms with E-state index in [0.717, 1.165) is 11.1 Å². The lowest BCUT2D eigenvalue weighted by Gasteiger charge is -2.06. The molecule has 4 rings (SSSR count). The molecule has 0 unspecified atom stereocenters. The fourth-order valence-corrected chi connectivity index (χ4v) is 2.85. The first-order valence-electron chi connectivity index (χ1n) is 8.65. The Balaban J connectivity index is 1.49. The number of hydrogen-bond acceptors (Lipinski definition) is 5. The van der Waals surface area contributed by atoms with E-state index >= 15 is 0 Å². The minimum Gasteiger partial charge on any atom is -0.496 e. The van der Waals surface area contributed by atoms with E-state index in [4.69, 9.17) is 4.74 Å². The molecule has 4 aromatic rings. The number of nitrogens with one attached hydrogen (secondary N) is 2. The molecule has 0 aliphatic rings. The summed E-state index contributed by atoms with van der Waals surface area (Å²) >= 11 is 0. The third kappa shape index (κ3) is 3.75. The SMILES string of the molecule is COc1ccccc1-c1nc(NC(=O)c2cccc(Cn3ccnc3)c2)n[nH]1. The molecule has 0 aliphatic carbocycles. The zero-order valence-corrected chi connectivity index (χ0v) is 15.2. The van der Waals surface area contributed by atoms with Crippen LogP contribution in [0.25, 0.3) is 11.4 Å². The quantitative estimate of drug-likeness (QED) is 0.541. The van der Waals surface area contributed by atoms with Gasteiger partial charge in [0.25, 0.3) is 5.91 Å². The Bertz CT molecular complexity index is 1090. The average molecular weight is 374 g/mol. The Kier molecular flexibility index (Phi) is 4.83. The highest BCUT2D eigenvalue weighted by molar-refractivity contribution is 6.03. The monoisotopic (exact) mass is 374 g/mol. The summed E-state index contributed by atoms with van der Waals surface area (Å²) < 4.78 is 7.27. The topological polar surface area (TPSA) is 97.7 Å². The molecule has 28 heavy (non-hydrogen) atoms. The van der Waals surface area contributed by atoms with Crippen LogP contribution in [0.15, 0.2) is 67.3 Å². The number of rotatable bonds is 6. The Morgan fingerprint density at radius 1 is 1.21 bits per heavy atom. The van der Waals surface area contributed by atoms with Gasteiger partial charge in [-0.05, 0) is 29.8 Å². The number of amides is 1. The van der Waals surface area contributed by atoms with Crippen molar-refractivity contribution in [3.8, 4) is 17.1 Å². The van der Waals surface area contributed by atoms with E-state index in [2.05, 4.69) is 25.5 Å².